The first-order chi connectivity index (χ1) is 18.5. The zero-order valence-corrected chi connectivity index (χ0v) is 21.6. The summed E-state index contributed by atoms with van der Waals surface area (Å²) in [5.41, 5.74) is 1.80. The van der Waals surface area contributed by atoms with E-state index in [1.165, 1.54) is 0 Å². The number of piperazine rings is 1. The van der Waals surface area contributed by atoms with Gasteiger partial charge in [0.2, 0.25) is 0 Å². The number of aliphatic hydroxyl groups is 1. The van der Waals surface area contributed by atoms with E-state index >= 15 is 0 Å². The molecule has 1 fully saturated rings. The predicted molar refractivity (Wildman–Crippen MR) is 146 cm³/mol. The van der Waals surface area contributed by atoms with E-state index in [4.69, 9.17) is 11.6 Å². The van der Waals surface area contributed by atoms with E-state index < -0.39 is 6.10 Å². The molecule has 1 N–H and O–H groups in total. The number of rotatable bonds is 8. The highest BCUT2D eigenvalue weighted by atomic mass is 35.5. The van der Waals surface area contributed by atoms with Crippen molar-refractivity contribution in [3.63, 3.8) is 0 Å². The standard InChI is InChI=1S/C28H29ClN6O3/c29-22-8-6-21(7-9-22)25(36)5-3-13-34-18-19-35(28(34)38)23-10-11-26(31-20-23)32-14-16-33(17-15-32)27(37)24-4-1-2-12-30-24/h1-2,4,6-12,18-20,25,36H,3,5,13-17H2/t25-/m1/s1. The van der Waals surface area contributed by atoms with Gasteiger partial charge in [-0.05, 0) is 54.8 Å². The van der Waals surface area contributed by atoms with Crippen molar-refractivity contribution in [1.82, 2.24) is 24.0 Å². The number of pyridine rings is 2. The number of amides is 1. The fourth-order valence-electron chi connectivity index (χ4n) is 4.58. The number of carbonyl (C=O) groups is 1. The Balaban J connectivity index is 1.15. The molecule has 9 nitrogen and oxygen atoms in total. The van der Waals surface area contributed by atoms with Gasteiger partial charge in [0.15, 0.2) is 0 Å². The Morgan fingerprint density at radius 2 is 1.76 bits per heavy atom. The van der Waals surface area contributed by atoms with Gasteiger partial charge in [-0.1, -0.05) is 29.8 Å². The molecular formula is C28H29ClN6O3. The summed E-state index contributed by atoms with van der Waals surface area (Å²) in [7, 11) is 0. The Morgan fingerprint density at radius 1 is 0.974 bits per heavy atom. The van der Waals surface area contributed by atoms with Crippen molar-refractivity contribution < 1.29 is 9.90 Å². The van der Waals surface area contributed by atoms with Crippen LogP contribution >= 0.6 is 11.6 Å². The van der Waals surface area contributed by atoms with E-state index in [-0.39, 0.29) is 11.6 Å². The average Bonchev–Trinajstić information content (AvgIpc) is 3.33. The first-order valence-electron chi connectivity index (χ1n) is 12.6. The van der Waals surface area contributed by atoms with E-state index in [2.05, 4.69) is 14.9 Å². The molecule has 1 atom stereocenters. The Kier molecular flexibility index (Phi) is 7.86. The Labute approximate surface area is 225 Å². The van der Waals surface area contributed by atoms with Crippen molar-refractivity contribution in [3.8, 4) is 5.69 Å². The van der Waals surface area contributed by atoms with Crippen molar-refractivity contribution in [2.45, 2.75) is 25.5 Å². The van der Waals surface area contributed by atoms with Crippen LogP contribution in [0.15, 0.2) is 84.2 Å². The molecule has 1 aliphatic rings. The molecule has 0 radical (unpaired) electrons. The van der Waals surface area contributed by atoms with Gasteiger partial charge >= 0.3 is 5.69 Å². The molecule has 196 valence electrons. The number of nitrogens with zero attached hydrogens (tertiary/aromatic N) is 6. The highest BCUT2D eigenvalue weighted by Gasteiger charge is 2.23. The van der Waals surface area contributed by atoms with E-state index in [0.29, 0.717) is 62.0 Å². The number of aliphatic hydroxyl groups excluding tert-OH is 1. The normalized spacial score (nSPS) is 14.5. The predicted octanol–water partition coefficient (Wildman–Crippen LogP) is 3.56. The van der Waals surface area contributed by atoms with Gasteiger partial charge in [0.05, 0.1) is 18.0 Å². The number of anilines is 1. The fraction of sp³-hybridized carbons (Fsp3) is 0.286. The van der Waals surface area contributed by atoms with Gasteiger partial charge in [-0.15, -0.1) is 0 Å². The Bertz CT molecular complexity index is 1410. The second-order valence-corrected chi connectivity index (χ2v) is 9.66. The molecule has 1 amide bonds. The first kappa shape index (κ1) is 25.7. The molecule has 0 saturated carbocycles. The van der Waals surface area contributed by atoms with Crippen LogP contribution in [0.25, 0.3) is 5.69 Å². The molecule has 5 rings (SSSR count). The van der Waals surface area contributed by atoms with Crippen LogP contribution in [0.5, 0.6) is 0 Å². The zero-order valence-electron chi connectivity index (χ0n) is 20.9. The number of aromatic nitrogens is 4. The van der Waals surface area contributed by atoms with Crippen molar-refractivity contribution in [2.24, 2.45) is 0 Å². The highest BCUT2D eigenvalue weighted by Crippen LogP contribution is 2.21. The minimum atomic E-state index is -0.600. The van der Waals surface area contributed by atoms with E-state index in [9.17, 15) is 14.7 Å². The van der Waals surface area contributed by atoms with Gasteiger partial charge < -0.3 is 14.9 Å². The molecule has 0 aliphatic carbocycles. The molecular weight excluding hydrogens is 504 g/mol. The number of imidazole rings is 1. The summed E-state index contributed by atoms with van der Waals surface area (Å²) in [5.74, 6) is 0.749. The second-order valence-electron chi connectivity index (χ2n) is 9.22. The van der Waals surface area contributed by atoms with Crippen molar-refractivity contribution in [3.05, 3.63) is 106 Å². The summed E-state index contributed by atoms with van der Waals surface area (Å²) < 4.78 is 3.20. The van der Waals surface area contributed by atoms with Gasteiger partial charge in [-0.3, -0.25) is 18.9 Å². The van der Waals surface area contributed by atoms with Gasteiger partial charge in [0.25, 0.3) is 5.91 Å². The molecule has 3 aromatic heterocycles. The first-order valence-corrected chi connectivity index (χ1v) is 13.0. The topological polar surface area (TPSA) is 96.5 Å². The number of carbonyl (C=O) groups excluding carboxylic acids is 1. The van der Waals surface area contributed by atoms with Crippen LogP contribution in [-0.4, -0.2) is 61.2 Å². The molecule has 0 bridgehead atoms. The quantitative estimate of drug-likeness (QED) is 0.373. The minimum Gasteiger partial charge on any atom is -0.388 e. The number of aryl methyl sites for hydroxylation is 1. The zero-order chi connectivity index (χ0) is 26.5. The van der Waals surface area contributed by atoms with Crippen LogP contribution in [0, 0.1) is 0 Å². The van der Waals surface area contributed by atoms with E-state index in [0.717, 1.165) is 11.4 Å². The average molecular weight is 533 g/mol. The lowest BCUT2D eigenvalue weighted by atomic mass is 10.1. The number of hydrogen-bond donors (Lipinski definition) is 1. The van der Waals surface area contributed by atoms with Crippen molar-refractivity contribution >= 4 is 23.3 Å². The van der Waals surface area contributed by atoms with E-state index in [1.54, 1.807) is 58.2 Å². The number of halogens is 1. The summed E-state index contributed by atoms with van der Waals surface area (Å²) in [6.07, 6.45) is 7.39. The molecule has 0 unspecified atom stereocenters. The maximum atomic E-state index is 12.9. The lowest BCUT2D eigenvalue weighted by Gasteiger charge is -2.35. The van der Waals surface area contributed by atoms with Crippen LogP contribution in [0.3, 0.4) is 0 Å². The molecule has 4 aromatic rings. The van der Waals surface area contributed by atoms with Gasteiger partial charge in [0.1, 0.15) is 11.5 Å². The maximum absolute atomic E-state index is 12.9. The monoisotopic (exact) mass is 532 g/mol. The van der Waals surface area contributed by atoms with Crippen LogP contribution in [-0.2, 0) is 6.54 Å². The molecule has 1 aliphatic heterocycles. The lowest BCUT2D eigenvalue weighted by molar-refractivity contribution is 0.0740. The lowest BCUT2D eigenvalue weighted by Crippen LogP contribution is -2.49. The van der Waals surface area contributed by atoms with Gasteiger partial charge in [-0.2, -0.15) is 0 Å². The van der Waals surface area contributed by atoms with Crippen molar-refractivity contribution in [2.75, 3.05) is 31.1 Å². The number of hydrogen-bond acceptors (Lipinski definition) is 6. The summed E-state index contributed by atoms with van der Waals surface area (Å²) in [6.45, 7) is 3.03. The third-order valence-electron chi connectivity index (χ3n) is 6.76. The summed E-state index contributed by atoms with van der Waals surface area (Å²) in [5, 5.41) is 11.0. The Morgan fingerprint density at radius 3 is 2.45 bits per heavy atom. The highest BCUT2D eigenvalue weighted by molar-refractivity contribution is 6.30. The van der Waals surface area contributed by atoms with Crippen LogP contribution < -0.4 is 10.6 Å². The third kappa shape index (κ3) is 5.79. The molecule has 1 saturated heterocycles. The molecule has 10 heteroatoms. The number of benzene rings is 1. The molecule has 1 aromatic carbocycles. The van der Waals surface area contributed by atoms with Gasteiger partial charge in [-0.25, -0.2) is 9.78 Å². The second kappa shape index (κ2) is 11.6. The molecule has 0 spiro atoms. The van der Waals surface area contributed by atoms with Gasteiger partial charge in [0, 0.05) is 56.3 Å². The summed E-state index contributed by atoms with van der Waals surface area (Å²) >= 11 is 5.91. The van der Waals surface area contributed by atoms with Crippen LogP contribution in [0.1, 0.15) is 35.0 Å². The minimum absolute atomic E-state index is 0.0584. The summed E-state index contributed by atoms with van der Waals surface area (Å²) in [6, 6.07) is 16.3. The third-order valence-corrected chi connectivity index (χ3v) is 7.02. The summed E-state index contributed by atoms with van der Waals surface area (Å²) in [4.78, 5) is 38.2. The largest absolute Gasteiger partial charge is 0.388 e. The van der Waals surface area contributed by atoms with Crippen LogP contribution in [0.2, 0.25) is 5.02 Å². The molecule has 38 heavy (non-hydrogen) atoms. The fourth-order valence-corrected chi connectivity index (χ4v) is 4.71. The Hall–Kier alpha value is -3.95. The van der Waals surface area contributed by atoms with Crippen LogP contribution in [0.4, 0.5) is 5.82 Å². The SMILES string of the molecule is O=C(c1ccccn1)N1CCN(c2ccc(-n3ccn(CCC[C@@H](O)c4ccc(Cl)cc4)c3=O)cn2)CC1. The smallest absolute Gasteiger partial charge is 0.332 e. The van der Waals surface area contributed by atoms with E-state index in [1.807, 2.05) is 35.2 Å². The van der Waals surface area contributed by atoms with Crippen molar-refractivity contribution in [1.29, 1.82) is 0 Å². The maximum Gasteiger partial charge on any atom is 0.332 e. The molecule has 4 heterocycles.